The van der Waals surface area contributed by atoms with Gasteiger partial charge in [0.15, 0.2) is 0 Å². The summed E-state index contributed by atoms with van der Waals surface area (Å²) in [5.74, 6) is 0. The van der Waals surface area contributed by atoms with Gasteiger partial charge in [-0.2, -0.15) is 0 Å². The van der Waals surface area contributed by atoms with E-state index in [9.17, 15) is 0 Å². The van der Waals surface area contributed by atoms with Gasteiger partial charge < -0.3 is 4.74 Å². The molecule has 0 spiro atoms. The van der Waals surface area contributed by atoms with Crippen LogP contribution in [0.5, 0.6) is 0 Å². The highest BCUT2D eigenvalue weighted by Gasteiger charge is 2.12. The second kappa shape index (κ2) is 5.50. The zero-order valence-corrected chi connectivity index (χ0v) is 13.6. The maximum atomic E-state index is 5.68. The highest BCUT2D eigenvalue weighted by atomic mass is 79.9. The minimum atomic E-state index is -1.02. The number of ether oxygens (including phenoxy) is 1. The van der Waals surface area contributed by atoms with Crippen molar-refractivity contribution in [3.8, 4) is 0 Å². The average molecular weight is 328 g/mol. The molecule has 6 heteroatoms. The van der Waals surface area contributed by atoms with Crippen molar-refractivity contribution in [2.45, 2.75) is 32.4 Å². The van der Waals surface area contributed by atoms with Gasteiger partial charge in [0.25, 0.3) is 0 Å². The minimum absolute atomic E-state index is 0.475. The first-order chi connectivity index (χ1) is 8.46. The van der Waals surface area contributed by atoms with Gasteiger partial charge >= 0.3 is 0 Å². The van der Waals surface area contributed by atoms with E-state index in [0.29, 0.717) is 6.73 Å². The van der Waals surface area contributed by atoms with Crippen LogP contribution in [-0.2, 0) is 11.5 Å². The molecule has 0 saturated carbocycles. The van der Waals surface area contributed by atoms with E-state index < -0.39 is 8.07 Å². The molecule has 0 saturated heterocycles. The van der Waals surface area contributed by atoms with E-state index >= 15 is 0 Å². The Balaban J connectivity index is 1.96. The summed E-state index contributed by atoms with van der Waals surface area (Å²) in [5, 5.41) is 8.22. The number of fused-ring (bicyclic) bond motifs is 1. The van der Waals surface area contributed by atoms with Crippen molar-refractivity contribution in [2.24, 2.45) is 0 Å². The van der Waals surface area contributed by atoms with E-state index in [1.165, 1.54) is 6.04 Å². The molecule has 1 heterocycles. The van der Waals surface area contributed by atoms with Crippen LogP contribution in [0.25, 0.3) is 11.0 Å². The number of nitrogens with zero attached hydrogens (tertiary/aromatic N) is 3. The molecule has 4 nitrogen and oxygen atoms in total. The van der Waals surface area contributed by atoms with Crippen LogP contribution in [0.4, 0.5) is 0 Å². The highest BCUT2D eigenvalue weighted by molar-refractivity contribution is 9.10. The van der Waals surface area contributed by atoms with Crippen molar-refractivity contribution in [2.75, 3.05) is 6.61 Å². The number of hydrogen-bond acceptors (Lipinski definition) is 3. The summed E-state index contributed by atoms with van der Waals surface area (Å²) in [4.78, 5) is 0. The van der Waals surface area contributed by atoms with Gasteiger partial charge in [0.1, 0.15) is 12.2 Å². The standard InChI is InChI=1S/C12H18BrN3OSi/c1-18(2,3)7-6-17-9-16-12-5-4-10(13)8-11(12)14-15-16/h4-5,8H,6-7,9H2,1-3H3. The van der Waals surface area contributed by atoms with E-state index in [4.69, 9.17) is 4.74 Å². The number of rotatable bonds is 5. The molecular weight excluding hydrogens is 310 g/mol. The zero-order valence-electron chi connectivity index (χ0n) is 11.0. The predicted octanol–water partition coefficient (Wildman–Crippen LogP) is 3.51. The average Bonchev–Trinajstić information content (AvgIpc) is 2.65. The lowest BCUT2D eigenvalue weighted by Gasteiger charge is -2.15. The first kappa shape index (κ1) is 13.7. The highest BCUT2D eigenvalue weighted by Crippen LogP contribution is 2.17. The number of aromatic nitrogens is 3. The van der Waals surface area contributed by atoms with Crippen LogP contribution in [0, 0.1) is 0 Å². The van der Waals surface area contributed by atoms with Gasteiger partial charge in [-0.05, 0) is 24.2 Å². The predicted molar refractivity (Wildman–Crippen MR) is 79.3 cm³/mol. The lowest BCUT2D eigenvalue weighted by atomic mass is 10.3. The topological polar surface area (TPSA) is 39.9 Å². The fraction of sp³-hybridized carbons (Fsp3) is 0.500. The Bertz CT molecular complexity index is 536. The summed E-state index contributed by atoms with van der Waals surface area (Å²) < 4.78 is 8.49. The molecule has 2 rings (SSSR count). The van der Waals surface area contributed by atoms with Gasteiger partial charge in [0.05, 0.1) is 5.52 Å². The van der Waals surface area contributed by atoms with Crippen LogP contribution in [0.2, 0.25) is 25.7 Å². The number of benzene rings is 1. The molecule has 0 bridgehead atoms. The molecule has 98 valence electrons. The van der Waals surface area contributed by atoms with Crippen molar-refractivity contribution in [3.63, 3.8) is 0 Å². The second-order valence-electron chi connectivity index (χ2n) is 5.57. The molecule has 0 atom stereocenters. The third-order valence-corrected chi connectivity index (χ3v) is 4.88. The monoisotopic (exact) mass is 327 g/mol. The molecule has 2 aromatic rings. The Morgan fingerprint density at radius 3 is 2.83 bits per heavy atom. The molecule has 18 heavy (non-hydrogen) atoms. The van der Waals surface area contributed by atoms with Crippen LogP contribution in [-0.4, -0.2) is 29.7 Å². The summed E-state index contributed by atoms with van der Waals surface area (Å²) in [6, 6.07) is 7.12. The van der Waals surface area contributed by atoms with Crippen molar-refractivity contribution in [1.29, 1.82) is 0 Å². The van der Waals surface area contributed by atoms with Crippen molar-refractivity contribution in [1.82, 2.24) is 15.0 Å². The largest absolute Gasteiger partial charge is 0.359 e. The van der Waals surface area contributed by atoms with Crippen LogP contribution in [0.15, 0.2) is 22.7 Å². The molecule has 0 aliphatic heterocycles. The molecule has 1 aromatic heterocycles. The molecule has 0 aliphatic rings. The summed E-state index contributed by atoms with van der Waals surface area (Å²) in [6.07, 6.45) is 0. The maximum absolute atomic E-state index is 5.68. The van der Waals surface area contributed by atoms with Gasteiger partial charge in [-0.1, -0.05) is 40.8 Å². The van der Waals surface area contributed by atoms with E-state index in [0.717, 1.165) is 22.1 Å². The number of halogens is 1. The quantitative estimate of drug-likeness (QED) is 0.623. The molecule has 0 fully saturated rings. The first-order valence-electron chi connectivity index (χ1n) is 6.02. The zero-order chi connectivity index (χ0) is 13.2. The third-order valence-electron chi connectivity index (χ3n) is 2.69. The normalized spacial score (nSPS) is 12.2. The molecule has 0 N–H and O–H groups in total. The van der Waals surface area contributed by atoms with Crippen LogP contribution < -0.4 is 0 Å². The van der Waals surface area contributed by atoms with Gasteiger partial charge in [-0.15, -0.1) is 5.10 Å². The summed E-state index contributed by atoms with van der Waals surface area (Å²) in [6.45, 7) is 8.31. The molecule has 0 aliphatic carbocycles. The van der Waals surface area contributed by atoms with Gasteiger partial charge in [-0.3, -0.25) is 0 Å². The van der Waals surface area contributed by atoms with Crippen molar-refractivity contribution < 1.29 is 4.74 Å². The van der Waals surface area contributed by atoms with E-state index in [2.05, 4.69) is 45.9 Å². The van der Waals surface area contributed by atoms with E-state index in [-0.39, 0.29) is 0 Å². The Kier molecular flexibility index (Phi) is 4.19. The van der Waals surface area contributed by atoms with Gasteiger partial charge in [0.2, 0.25) is 0 Å². The van der Waals surface area contributed by atoms with E-state index in [1.54, 1.807) is 4.68 Å². The lowest BCUT2D eigenvalue weighted by Crippen LogP contribution is -2.22. The van der Waals surface area contributed by atoms with Crippen LogP contribution in [0.1, 0.15) is 0 Å². The molecular formula is C12H18BrN3OSi. The second-order valence-corrected chi connectivity index (χ2v) is 12.1. The van der Waals surface area contributed by atoms with Gasteiger partial charge in [0, 0.05) is 19.2 Å². The summed E-state index contributed by atoms with van der Waals surface area (Å²) in [7, 11) is -1.02. The third kappa shape index (κ3) is 3.63. The Morgan fingerprint density at radius 2 is 2.11 bits per heavy atom. The Labute approximate surface area is 116 Å². The minimum Gasteiger partial charge on any atom is -0.359 e. The fourth-order valence-corrected chi connectivity index (χ4v) is 2.68. The fourth-order valence-electron chi connectivity index (χ4n) is 1.57. The Morgan fingerprint density at radius 1 is 1.33 bits per heavy atom. The molecule has 0 radical (unpaired) electrons. The molecule has 1 aromatic carbocycles. The SMILES string of the molecule is C[Si](C)(C)CCOCn1nnc2cc(Br)ccc21. The molecule has 0 amide bonds. The van der Waals surface area contributed by atoms with Crippen molar-refractivity contribution in [3.05, 3.63) is 22.7 Å². The van der Waals surface area contributed by atoms with E-state index in [1.807, 2.05) is 18.2 Å². The number of hydrogen-bond donors (Lipinski definition) is 0. The lowest BCUT2D eigenvalue weighted by molar-refractivity contribution is 0.0803. The van der Waals surface area contributed by atoms with Crippen LogP contribution in [0.3, 0.4) is 0 Å². The Hall–Kier alpha value is -0.723. The van der Waals surface area contributed by atoms with Gasteiger partial charge in [-0.25, -0.2) is 4.68 Å². The molecule has 0 unspecified atom stereocenters. The van der Waals surface area contributed by atoms with Crippen LogP contribution >= 0.6 is 15.9 Å². The summed E-state index contributed by atoms with van der Waals surface area (Å²) in [5.41, 5.74) is 1.89. The first-order valence-corrected chi connectivity index (χ1v) is 10.5. The van der Waals surface area contributed by atoms with Crippen molar-refractivity contribution >= 4 is 35.0 Å². The summed E-state index contributed by atoms with van der Waals surface area (Å²) >= 11 is 3.42. The maximum Gasteiger partial charge on any atom is 0.141 e. The smallest absolute Gasteiger partial charge is 0.141 e.